The lowest BCUT2D eigenvalue weighted by molar-refractivity contribution is -0.118. The fraction of sp³-hybridized carbons (Fsp3) is 0.900. The highest BCUT2D eigenvalue weighted by Gasteiger charge is 2.51. The Kier molecular flexibility index (Phi) is 4.21. The van der Waals surface area contributed by atoms with Gasteiger partial charge >= 0.3 is 0 Å². The maximum absolute atomic E-state index is 10.4. The third kappa shape index (κ3) is 4.04. The zero-order chi connectivity index (χ0) is 23.0. The Bertz CT molecular complexity index is 594. The van der Waals surface area contributed by atoms with Gasteiger partial charge in [0.1, 0.15) is 6.79 Å². The van der Waals surface area contributed by atoms with E-state index in [2.05, 4.69) is 6.92 Å². The van der Waals surface area contributed by atoms with Crippen LogP contribution in [-0.4, -0.2) is 36.8 Å². The zero-order valence-electron chi connectivity index (χ0n) is 21.1. The number of rotatable bonds is 7. The van der Waals surface area contributed by atoms with Crippen LogP contribution in [0.15, 0.2) is 12.2 Å². The lowest BCUT2D eigenvalue weighted by Crippen LogP contribution is -2.44. The first-order chi connectivity index (χ1) is 13.7. The Balaban J connectivity index is 2.27. The molecule has 0 spiro atoms. The largest absolute Gasteiger partial charge is 0.393 e. The van der Waals surface area contributed by atoms with Gasteiger partial charge in [-0.25, -0.2) is 0 Å². The molecule has 0 aromatic carbocycles. The van der Waals surface area contributed by atoms with Crippen molar-refractivity contribution >= 4 is 0 Å². The van der Waals surface area contributed by atoms with Crippen LogP contribution in [0.5, 0.6) is 0 Å². The van der Waals surface area contributed by atoms with Crippen molar-refractivity contribution in [2.45, 2.75) is 77.4 Å². The van der Waals surface area contributed by atoms with Crippen LogP contribution < -0.4 is 5.73 Å². The summed E-state index contributed by atoms with van der Waals surface area (Å²) in [6.45, 7) is -2.18. The minimum Gasteiger partial charge on any atom is -0.393 e. The normalized spacial score (nSPS) is 41.5. The molecule has 0 bridgehead atoms. The smallest absolute Gasteiger partial charge is 0.147 e. The fourth-order valence-corrected chi connectivity index (χ4v) is 4.87. The summed E-state index contributed by atoms with van der Waals surface area (Å²) in [6.07, 6.45) is 7.86. The van der Waals surface area contributed by atoms with Crippen molar-refractivity contribution in [1.82, 2.24) is 0 Å². The molecule has 4 heteroatoms. The van der Waals surface area contributed by atoms with E-state index in [1.807, 2.05) is 13.0 Å². The molecule has 6 atom stereocenters. The number of methoxy groups -OCH3 is 1. The lowest BCUT2D eigenvalue weighted by atomic mass is 9.62. The van der Waals surface area contributed by atoms with Crippen molar-refractivity contribution in [2.24, 2.45) is 28.9 Å². The van der Waals surface area contributed by atoms with Gasteiger partial charge in [-0.3, -0.25) is 0 Å². The summed E-state index contributed by atoms with van der Waals surface area (Å²) in [5.74, 6) is 0.648. The van der Waals surface area contributed by atoms with Crippen LogP contribution >= 0.6 is 0 Å². The molecule has 0 aromatic heterocycles. The first kappa shape index (κ1) is 12.9. The molecule has 4 nitrogen and oxygen atoms in total. The van der Waals surface area contributed by atoms with Crippen molar-refractivity contribution < 1.29 is 22.8 Å². The topological polar surface area (TPSA) is 64.7 Å². The number of hydrogen-bond donors (Lipinski definition) is 2. The van der Waals surface area contributed by atoms with Crippen LogP contribution in [0.25, 0.3) is 0 Å². The van der Waals surface area contributed by atoms with Gasteiger partial charge in [-0.15, -0.1) is 0 Å². The van der Waals surface area contributed by atoms with Crippen molar-refractivity contribution in [3.63, 3.8) is 0 Å². The zero-order valence-corrected chi connectivity index (χ0v) is 15.1. The van der Waals surface area contributed by atoms with Gasteiger partial charge < -0.3 is 20.3 Å². The van der Waals surface area contributed by atoms with E-state index in [9.17, 15) is 5.11 Å². The minimum atomic E-state index is -2.98. The lowest BCUT2D eigenvalue weighted by Gasteiger charge is -2.44. The first-order valence-electron chi connectivity index (χ1n) is 12.0. The van der Waals surface area contributed by atoms with Gasteiger partial charge in [-0.05, 0) is 62.6 Å². The molecule has 0 heterocycles. The van der Waals surface area contributed by atoms with Gasteiger partial charge in [-0.1, -0.05) is 32.4 Å². The van der Waals surface area contributed by atoms with Crippen LogP contribution in [0.1, 0.15) is 67.9 Å². The molecule has 0 unspecified atom stereocenters. The van der Waals surface area contributed by atoms with Gasteiger partial charge in [0.25, 0.3) is 0 Å². The maximum atomic E-state index is 10.4. The van der Waals surface area contributed by atoms with E-state index in [0.717, 1.165) is 32.1 Å². The predicted molar refractivity (Wildman–Crippen MR) is 97.5 cm³/mol. The number of fused-ring (bicyclic) bond motifs is 1. The molecule has 2 saturated carbocycles. The number of allylic oxidation sites excluding steroid dienone is 1. The Labute approximate surface area is 156 Å². The van der Waals surface area contributed by atoms with Gasteiger partial charge in [0.15, 0.2) is 0 Å². The molecule has 2 aliphatic rings. The molecular weight excluding hydrogens is 302 g/mol. The Morgan fingerprint density at radius 3 is 2.79 bits per heavy atom. The van der Waals surface area contributed by atoms with Gasteiger partial charge in [0.2, 0.25) is 0 Å². The first-order valence-corrected chi connectivity index (χ1v) is 8.97. The van der Waals surface area contributed by atoms with E-state index in [-0.39, 0.29) is 23.4 Å². The average Bonchev–Trinajstić information content (AvgIpc) is 2.96. The molecule has 2 aliphatic carbocycles. The van der Waals surface area contributed by atoms with Crippen LogP contribution in [0, 0.1) is 23.2 Å². The van der Waals surface area contributed by atoms with Crippen LogP contribution in [0.2, 0.25) is 0 Å². The molecule has 24 heavy (non-hydrogen) atoms. The molecule has 140 valence electrons. The second-order valence-corrected chi connectivity index (χ2v) is 7.81. The summed E-state index contributed by atoms with van der Waals surface area (Å²) < 4.78 is 57.4. The van der Waals surface area contributed by atoms with Crippen molar-refractivity contribution in [3.05, 3.63) is 12.2 Å². The van der Waals surface area contributed by atoms with E-state index in [4.69, 9.17) is 23.4 Å². The van der Waals surface area contributed by atoms with Crippen molar-refractivity contribution in [3.8, 4) is 0 Å². The predicted octanol–water partition coefficient (Wildman–Crippen LogP) is 3.48. The van der Waals surface area contributed by atoms with Crippen LogP contribution in [0.3, 0.4) is 0 Å². The number of ether oxygens (including phenoxy) is 2. The Morgan fingerprint density at radius 2 is 2.12 bits per heavy atom. The summed E-state index contributed by atoms with van der Waals surface area (Å²) in [7, 11) is 1.29. The molecule has 0 saturated heterocycles. The molecule has 2 rings (SSSR count). The van der Waals surface area contributed by atoms with Crippen LogP contribution in [-0.2, 0) is 9.47 Å². The molecule has 2 fully saturated rings. The highest BCUT2D eigenvalue weighted by molar-refractivity contribution is 5.08. The van der Waals surface area contributed by atoms with Gasteiger partial charge in [-0.2, -0.15) is 0 Å². The highest BCUT2D eigenvalue weighted by atomic mass is 16.7. The monoisotopic (exact) mass is 345 g/mol. The Hall–Kier alpha value is -0.420. The molecule has 0 radical (unpaired) electrons. The number of hydrogen-bond acceptors (Lipinski definition) is 4. The van der Waals surface area contributed by atoms with E-state index < -0.39 is 32.1 Å². The maximum Gasteiger partial charge on any atom is 0.147 e. The molecule has 0 amide bonds. The quantitative estimate of drug-likeness (QED) is 0.548. The second-order valence-electron chi connectivity index (χ2n) is 7.81. The number of nitrogens with two attached hydrogens (primary N) is 1. The summed E-state index contributed by atoms with van der Waals surface area (Å²) in [4.78, 5) is 0. The van der Waals surface area contributed by atoms with Crippen molar-refractivity contribution in [2.75, 3.05) is 13.9 Å². The van der Waals surface area contributed by atoms with E-state index in [0.29, 0.717) is 5.92 Å². The third-order valence-electron chi connectivity index (χ3n) is 6.29. The third-order valence-corrected chi connectivity index (χ3v) is 6.29. The summed E-state index contributed by atoms with van der Waals surface area (Å²) in [6, 6.07) is -1.38. The van der Waals surface area contributed by atoms with Crippen LogP contribution in [0.4, 0.5) is 0 Å². The summed E-state index contributed by atoms with van der Waals surface area (Å²) in [5, 5.41) is 10.4. The average molecular weight is 346 g/mol. The van der Waals surface area contributed by atoms with E-state index in [1.54, 1.807) is 0 Å². The molecular formula is C20H37NO3. The van der Waals surface area contributed by atoms with Gasteiger partial charge in [0.05, 0.1) is 17.7 Å². The standard InChI is InChI=1S/C20H37NO3/c1-14(8-11-18(21)19(2,3)24-13-23-5)15-9-10-16-17(22)7-6-12-20(15,16)4/h8,11,14-18,22H,6-7,9-10,12-13,21H2,1-5H3/b11-8+/t14-,15-,16+,17+,18+,20-/m1/s1/i2D3,3D3. The number of aliphatic hydroxyl groups excluding tert-OH is 1. The Morgan fingerprint density at radius 1 is 1.38 bits per heavy atom. The second kappa shape index (κ2) is 7.86. The van der Waals surface area contributed by atoms with Gasteiger partial charge in [0, 0.05) is 15.3 Å². The minimum absolute atomic E-state index is 0.0171. The van der Waals surface area contributed by atoms with Crippen molar-refractivity contribution in [1.29, 1.82) is 0 Å². The molecule has 3 N–H and O–H groups in total. The number of aliphatic hydroxyl groups is 1. The fourth-order valence-electron chi connectivity index (χ4n) is 4.87. The highest BCUT2D eigenvalue weighted by Crippen LogP contribution is 2.57. The van der Waals surface area contributed by atoms with E-state index in [1.165, 1.54) is 13.2 Å². The summed E-state index contributed by atoms with van der Waals surface area (Å²) >= 11 is 0. The van der Waals surface area contributed by atoms with E-state index >= 15 is 0 Å². The summed E-state index contributed by atoms with van der Waals surface area (Å²) in [5.41, 5.74) is 3.62. The molecule has 0 aliphatic heterocycles. The SMILES string of the molecule is [2H]C([2H])([2H])C(OCOC)([C@@H](N)/C=C/[C@@H](C)[C@H]1CC[C@H]2[C@@H](O)CCC[C@]12C)C([2H])([2H])[2H]. The molecule has 0 aromatic rings.